The summed E-state index contributed by atoms with van der Waals surface area (Å²) in [6.07, 6.45) is 0.442. The second kappa shape index (κ2) is 10.5. The summed E-state index contributed by atoms with van der Waals surface area (Å²) in [5, 5.41) is 8.32. The van der Waals surface area contributed by atoms with Gasteiger partial charge in [0, 0.05) is 41.2 Å². The fourth-order valence-corrected chi connectivity index (χ4v) is 3.42. The van der Waals surface area contributed by atoms with E-state index in [9.17, 15) is 19.2 Å². The van der Waals surface area contributed by atoms with Crippen molar-refractivity contribution in [3.8, 4) is 0 Å². The van der Waals surface area contributed by atoms with Crippen molar-refractivity contribution in [3.05, 3.63) is 39.8 Å². The van der Waals surface area contributed by atoms with E-state index in [4.69, 9.17) is 15.0 Å². The van der Waals surface area contributed by atoms with Gasteiger partial charge in [0.15, 0.2) is 0 Å². The van der Waals surface area contributed by atoms with Gasteiger partial charge in [-0.1, -0.05) is 11.2 Å². The molecule has 12 nitrogen and oxygen atoms in total. The van der Waals surface area contributed by atoms with Crippen LogP contribution in [-0.4, -0.2) is 67.5 Å². The molecule has 0 aliphatic carbocycles. The van der Waals surface area contributed by atoms with Crippen molar-refractivity contribution >= 4 is 29.3 Å². The fourth-order valence-electron chi connectivity index (χ4n) is 3.42. The molecule has 12 heteroatoms. The smallest absolute Gasteiger partial charge is 0.255 e. The summed E-state index contributed by atoms with van der Waals surface area (Å²) < 4.78 is 10.4. The van der Waals surface area contributed by atoms with Crippen LogP contribution in [0.4, 0.5) is 5.69 Å². The van der Waals surface area contributed by atoms with E-state index >= 15 is 0 Å². The molecule has 164 valence electrons. The third-order valence-electron chi connectivity index (χ3n) is 4.86. The number of piperidine rings is 1. The van der Waals surface area contributed by atoms with E-state index < -0.39 is 17.9 Å². The summed E-state index contributed by atoms with van der Waals surface area (Å²) in [4.78, 5) is 52.5. The van der Waals surface area contributed by atoms with E-state index in [0.29, 0.717) is 16.8 Å². The SMILES string of the molecule is [N-]=[N+]=NCCOCCOCC(=O)Nc1cccc2c1CN(C1CCC(=O)NC1=O)C2=O. The number of nitrogens with zero attached hydrogens (tertiary/aromatic N) is 4. The number of fused-ring (bicyclic) bond motifs is 1. The number of hydrogen-bond acceptors (Lipinski definition) is 7. The predicted octanol–water partition coefficient (Wildman–Crippen LogP) is 0.730. The Morgan fingerprint density at radius 1 is 1.26 bits per heavy atom. The van der Waals surface area contributed by atoms with Crippen LogP contribution in [0.2, 0.25) is 0 Å². The van der Waals surface area contributed by atoms with Gasteiger partial charge in [0.05, 0.1) is 19.8 Å². The lowest BCUT2D eigenvalue weighted by atomic mass is 10.0. The van der Waals surface area contributed by atoms with Crippen LogP contribution in [-0.2, 0) is 30.4 Å². The molecule has 1 unspecified atom stereocenters. The molecule has 3 rings (SSSR count). The minimum Gasteiger partial charge on any atom is -0.379 e. The molecule has 0 spiro atoms. The number of hydrogen-bond donors (Lipinski definition) is 2. The number of imide groups is 1. The standard InChI is InChI=1S/C19H22N6O6/c20-24-21-6-7-30-8-9-31-11-17(27)22-14-3-1-2-12-13(14)10-25(19(12)29)15-4-5-16(26)23-18(15)28/h1-3,15H,4-11H2,(H,22,27)(H,23,26,28). The molecule has 31 heavy (non-hydrogen) atoms. The zero-order valence-electron chi connectivity index (χ0n) is 16.7. The predicted molar refractivity (Wildman–Crippen MR) is 107 cm³/mol. The molecule has 1 atom stereocenters. The van der Waals surface area contributed by atoms with Crippen molar-refractivity contribution in [1.29, 1.82) is 0 Å². The summed E-state index contributed by atoms with van der Waals surface area (Å²) in [7, 11) is 0. The number of rotatable bonds is 10. The number of carbonyl (C=O) groups is 4. The molecular weight excluding hydrogens is 408 g/mol. The third-order valence-corrected chi connectivity index (χ3v) is 4.86. The Morgan fingerprint density at radius 3 is 2.84 bits per heavy atom. The molecule has 1 aromatic rings. The zero-order chi connectivity index (χ0) is 22.2. The highest BCUT2D eigenvalue weighted by molar-refractivity contribution is 6.06. The van der Waals surface area contributed by atoms with Crippen LogP contribution >= 0.6 is 0 Å². The highest BCUT2D eigenvalue weighted by Crippen LogP contribution is 2.32. The summed E-state index contributed by atoms with van der Waals surface area (Å²) in [6, 6.07) is 4.25. The van der Waals surface area contributed by atoms with Crippen LogP contribution < -0.4 is 10.6 Å². The van der Waals surface area contributed by atoms with Gasteiger partial charge in [0.25, 0.3) is 5.91 Å². The Bertz CT molecular complexity index is 928. The third kappa shape index (κ3) is 5.57. The van der Waals surface area contributed by atoms with Crippen molar-refractivity contribution in [2.24, 2.45) is 5.11 Å². The lowest BCUT2D eigenvalue weighted by molar-refractivity contribution is -0.137. The fraction of sp³-hybridized carbons (Fsp3) is 0.474. The molecule has 1 aromatic carbocycles. The summed E-state index contributed by atoms with van der Waals surface area (Å²) in [6.45, 7) is 0.909. The number of anilines is 1. The first-order valence-electron chi connectivity index (χ1n) is 9.74. The number of carbonyl (C=O) groups excluding carboxylic acids is 4. The molecule has 1 saturated heterocycles. The average Bonchev–Trinajstić information content (AvgIpc) is 3.07. The van der Waals surface area contributed by atoms with Gasteiger partial charge in [-0.2, -0.15) is 0 Å². The second-order valence-electron chi connectivity index (χ2n) is 6.90. The number of nitrogens with one attached hydrogen (secondary N) is 2. The van der Waals surface area contributed by atoms with Crippen LogP contribution in [0.15, 0.2) is 23.3 Å². The normalized spacial score (nSPS) is 17.7. The van der Waals surface area contributed by atoms with Gasteiger partial charge >= 0.3 is 0 Å². The van der Waals surface area contributed by atoms with Crippen molar-refractivity contribution in [1.82, 2.24) is 10.2 Å². The molecular formula is C19H22N6O6. The highest BCUT2D eigenvalue weighted by atomic mass is 16.5. The van der Waals surface area contributed by atoms with E-state index in [1.807, 2.05) is 0 Å². The Hall–Kier alpha value is -3.47. The molecule has 2 N–H and O–H groups in total. The summed E-state index contributed by atoms with van der Waals surface area (Å²) >= 11 is 0. The van der Waals surface area contributed by atoms with Crippen LogP contribution in [0, 0.1) is 0 Å². The maximum atomic E-state index is 12.8. The van der Waals surface area contributed by atoms with Gasteiger partial charge in [0.2, 0.25) is 17.7 Å². The van der Waals surface area contributed by atoms with Gasteiger partial charge in [-0.15, -0.1) is 0 Å². The van der Waals surface area contributed by atoms with Gasteiger partial charge in [-0.25, -0.2) is 0 Å². The molecule has 0 saturated carbocycles. The van der Waals surface area contributed by atoms with Crippen molar-refractivity contribution < 1.29 is 28.7 Å². The molecule has 0 bridgehead atoms. The van der Waals surface area contributed by atoms with Crippen LogP contribution in [0.25, 0.3) is 10.4 Å². The Balaban J connectivity index is 1.52. The first-order valence-corrected chi connectivity index (χ1v) is 9.74. The van der Waals surface area contributed by atoms with Gasteiger partial charge in [0.1, 0.15) is 12.6 Å². The number of amides is 4. The minimum absolute atomic E-state index is 0.163. The molecule has 1 fully saturated rings. The molecule has 4 amide bonds. The topological polar surface area (TPSA) is 163 Å². The summed E-state index contributed by atoms with van der Waals surface area (Å²) in [5.41, 5.74) is 9.65. The van der Waals surface area contributed by atoms with Crippen LogP contribution in [0.5, 0.6) is 0 Å². The van der Waals surface area contributed by atoms with Crippen molar-refractivity contribution in [2.75, 3.05) is 38.3 Å². The van der Waals surface area contributed by atoms with Crippen molar-refractivity contribution in [3.63, 3.8) is 0 Å². The first kappa shape index (κ1) is 22.2. The maximum absolute atomic E-state index is 12.8. The average molecular weight is 430 g/mol. The minimum atomic E-state index is -0.719. The Morgan fingerprint density at radius 2 is 2.06 bits per heavy atom. The lowest BCUT2D eigenvalue weighted by Crippen LogP contribution is -2.52. The Kier molecular flexibility index (Phi) is 7.55. The zero-order valence-corrected chi connectivity index (χ0v) is 16.7. The number of azide groups is 1. The molecule has 2 aliphatic heterocycles. The lowest BCUT2D eigenvalue weighted by Gasteiger charge is -2.29. The monoisotopic (exact) mass is 430 g/mol. The van der Waals surface area contributed by atoms with Gasteiger partial charge < -0.3 is 19.7 Å². The van der Waals surface area contributed by atoms with E-state index in [1.54, 1.807) is 18.2 Å². The van der Waals surface area contributed by atoms with Gasteiger partial charge in [-0.3, -0.25) is 24.5 Å². The number of benzene rings is 1. The van der Waals surface area contributed by atoms with Crippen molar-refractivity contribution in [2.45, 2.75) is 25.4 Å². The molecule has 2 aliphatic rings. The Labute approximate surface area is 177 Å². The van der Waals surface area contributed by atoms with Crippen LogP contribution in [0.1, 0.15) is 28.8 Å². The first-order chi connectivity index (χ1) is 15.0. The molecule has 2 heterocycles. The maximum Gasteiger partial charge on any atom is 0.255 e. The summed E-state index contributed by atoms with van der Waals surface area (Å²) in [5.74, 6) is -1.54. The second-order valence-corrected chi connectivity index (χ2v) is 6.90. The molecule has 0 radical (unpaired) electrons. The highest BCUT2D eigenvalue weighted by Gasteiger charge is 2.39. The van der Waals surface area contributed by atoms with E-state index in [2.05, 4.69) is 20.7 Å². The van der Waals surface area contributed by atoms with E-state index in [1.165, 1.54) is 4.90 Å². The quantitative estimate of drug-likeness (QED) is 0.183. The van der Waals surface area contributed by atoms with Crippen LogP contribution in [0.3, 0.4) is 0 Å². The van der Waals surface area contributed by atoms with E-state index in [0.717, 1.165) is 0 Å². The van der Waals surface area contributed by atoms with Gasteiger partial charge in [-0.05, 0) is 24.1 Å². The number of ether oxygens (including phenoxy) is 2. The largest absolute Gasteiger partial charge is 0.379 e. The molecule has 0 aromatic heterocycles. The van der Waals surface area contributed by atoms with E-state index in [-0.39, 0.29) is 64.2 Å².